The van der Waals surface area contributed by atoms with E-state index in [-0.39, 0.29) is 13.0 Å². The van der Waals surface area contributed by atoms with Crippen molar-refractivity contribution in [3.8, 4) is 0 Å². The van der Waals surface area contributed by atoms with Crippen LogP contribution in [0, 0.1) is 0 Å². The third-order valence-electron chi connectivity index (χ3n) is 9.36. The van der Waals surface area contributed by atoms with Crippen molar-refractivity contribution in [2.24, 2.45) is 5.73 Å². The van der Waals surface area contributed by atoms with E-state index < -0.39 is 45.1 Å². The van der Waals surface area contributed by atoms with Crippen LogP contribution < -0.4 is 5.73 Å². The number of carbonyl (C=O) groups excluding carboxylic acids is 1. The summed E-state index contributed by atoms with van der Waals surface area (Å²) in [6.45, 7) is 3.59. The van der Waals surface area contributed by atoms with Crippen LogP contribution in [0.3, 0.4) is 0 Å². The van der Waals surface area contributed by atoms with Gasteiger partial charge in [-0.05, 0) is 89.9 Å². The Morgan fingerprint density at radius 1 is 0.525 bits per heavy atom. The Hall–Kier alpha value is -3.11. The number of ether oxygens (including phenoxy) is 2. The number of nitrogens with two attached hydrogens (primary N) is 1. The molecule has 0 rings (SSSR count). The van der Waals surface area contributed by atoms with E-state index in [1.807, 2.05) is 0 Å². The molecule has 0 fully saturated rings. The second kappa shape index (κ2) is 44.9. The van der Waals surface area contributed by atoms with Crippen molar-refractivity contribution in [2.45, 2.75) is 180 Å². The molecule has 0 heterocycles. The molecule has 0 aliphatic heterocycles. The molecule has 0 aromatic rings. The minimum absolute atomic E-state index is 0.00250. The number of phosphoric acid groups is 1. The third-order valence-corrected chi connectivity index (χ3v) is 10.3. The van der Waals surface area contributed by atoms with Crippen LogP contribution >= 0.6 is 7.82 Å². The SMILES string of the molecule is CC/C=C\C/C=C\C/C=C\C/C=C\C/C=C\CCCCCCCCCCOCC(COP(=O)(O)OCC(N)C(=O)O)OC(=O)CCCCCCC/C=C\C/C=C\C/C=C\CC. The molecule has 0 amide bonds. The molecule has 3 unspecified atom stereocenters. The highest BCUT2D eigenvalue weighted by Gasteiger charge is 2.27. The Balaban J connectivity index is 4.23. The number of carboxylic acid groups (broad SMARTS) is 1. The van der Waals surface area contributed by atoms with Crippen LogP contribution in [0.2, 0.25) is 0 Å². The van der Waals surface area contributed by atoms with Crippen molar-refractivity contribution < 1.29 is 42.7 Å². The second-order valence-electron chi connectivity index (χ2n) is 15.1. The first-order valence-electron chi connectivity index (χ1n) is 23.3. The Morgan fingerprint density at radius 2 is 0.902 bits per heavy atom. The molecule has 0 radical (unpaired) electrons. The number of hydrogen-bond acceptors (Lipinski definition) is 8. The summed E-state index contributed by atoms with van der Waals surface area (Å²) < 4.78 is 33.4. The number of rotatable bonds is 43. The number of carboxylic acids is 1. The van der Waals surface area contributed by atoms with E-state index in [1.54, 1.807) is 0 Å². The van der Waals surface area contributed by atoms with Gasteiger partial charge in [0.2, 0.25) is 0 Å². The number of aliphatic carboxylic acids is 1. The summed E-state index contributed by atoms with van der Waals surface area (Å²) >= 11 is 0. The molecule has 0 saturated carbocycles. The zero-order valence-corrected chi connectivity index (χ0v) is 38.9. The maximum absolute atomic E-state index is 12.6. The van der Waals surface area contributed by atoms with Crippen LogP contribution in [-0.4, -0.2) is 60.5 Å². The lowest BCUT2D eigenvalue weighted by Crippen LogP contribution is -2.34. The van der Waals surface area contributed by atoms with Crippen LogP contribution in [0.4, 0.5) is 0 Å². The lowest BCUT2D eigenvalue weighted by Gasteiger charge is -2.20. The Labute approximate surface area is 370 Å². The summed E-state index contributed by atoms with van der Waals surface area (Å²) in [6.07, 6.45) is 58.9. The van der Waals surface area contributed by atoms with Gasteiger partial charge in [0.05, 0.1) is 19.8 Å². The molecule has 4 N–H and O–H groups in total. The van der Waals surface area contributed by atoms with Gasteiger partial charge in [0.25, 0.3) is 0 Å². The summed E-state index contributed by atoms with van der Waals surface area (Å²) in [5.74, 6) is -1.81. The Kier molecular flexibility index (Phi) is 42.6. The highest BCUT2D eigenvalue weighted by Crippen LogP contribution is 2.43. The predicted molar refractivity (Wildman–Crippen MR) is 253 cm³/mol. The van der Waals surface area contributed by atoms with Gasteiger partial charge in [-0.25, -0.2) is 4.57 Å². The molecule has 0 aromatic carbocycles. The van der Waals surface area contributed by atoms with Crippen LogP contribution in [-0.2, 0) is 32.7 Å². The van der Waals surface area contributed by atoms with Gasteiger partial charge in [-0.15, -0.1) is 0 Å². The van der Waals surface area contributed by atoms with Gasteiger partial charge in [-0.1, -0.05) is 169 Å². The number of allylic oxidation sites excluding steroid dienone is 16. The molecule has 0 saturated heterocycles. The summed E-state index contributed by atoms with van der Waals surface area (Å²) in [5, 5.41) is 8.91. The Bertz CT molecular complexity index is 1330. The van der Waals surface area contributed by atoms with Crippen LogP contribution in [0.1, 0.15) is 168 Å². The van der Waals surface area contributed by atoms with Gasteiger partial charge in [0.15, 0.2) is 0 Å². The number of esters is 1. The van der Waals surface area contributed by atoms with Crippen molar-refractivity contribution >= 4 is 19.8 Å². The predicted octanol–water partition coefficient (Wildman–Crippen LogP) is 13.3. The molecule has 0 spiro atoms. The topological polar surface area (TPSA) is 155 Å². The standard InChI is InChI=1S/C50H84NO9P/c1-3-5-7-9-11-13-15-17-19-20-21-22-23-24-25-26-27-29-31-33-35-37-39-41-43-57-44-47(45-58-61(55,56)59-46-48(51)50(53)54)60-49(52)42-40-38-36-34-32-30-28-18-16-14-12-10-8-6-4-2/h5-8,11-14,17-19,21-22,24-25,28,47-48H,3-4,9-10,15-16,20,23,26-27,29-46,51H2,1-2H3,(H,53,54)(H,55,56)/b7-5-,8-6-,13-11-,14-12-,19-17-,22-21-,25-24-,28-18-. The first-order valence-corrected chi connectivity index (χ1v) is 24.8. The molecule has 0 aromatic heterocycles. The van der Waals surface area contributed by atoms with Gasteiger partial charge in [-0.3, -0.25) is 18.6 Å². The maximum atomic E-state index is 12.6. The van der Waals surface area contributed by atoms with Gasteiger partial charge in [-0.2, -0.15) is 0 Å². The van der Waals surface area contributed by atoms with Crippen LogP contribution in [0.25, 0.3) is 0 Å². The summed E-state index contributed by atoms with van der Waals surface area (Å²) in [4.78, 5) is 33.6. The minimum atomic E-state index is -4.63. The van der Waals surface area contributed by atoms with Crippen LogP contribution in [0.5, 0.6) is 0 Å². The Morgan fingerprint density at radius 3 is 1.34 bits per heavy atom. The van der Waals surface area contributed by atoms with Crippen molar-refractivity contribution in [1.29, 1.82) is 0 Å². The van der Waals surface area contributed by atoms with Gasteiger partial charge in [0.1, 0.15) is 12.1 Å². The van der Waals surface area contributed by atoms with E-state index in [2.05, 4.69) is 111 Å². The van der Waals surface area contributed by atoms with Gasteiger partial charge >= 0.3 is 19.8 Å². The fourth-order valence-electron chi connectivity index (χ4n) is 5.82. The largest absolute Gasteiger partial charge is 0.480 e. The zero-order chi connectivity index (χ0) is 44.8. The third kappa shape index (κ3) is 44.7. The molecular formula is C50H84NO9P. The fraction of sp³-hybridized carbons (Fsp3) is 0.640. The van der Waals surface area contributed by atoms with E-state index >= 15 is 0 Å². The van der Waals surface area contributed by atoms with Crippen molar-refractivity contribution in [2.75, 3.05) is 26.4 Å². The molecule has 3 atom stereocenters. The quantitative estimate of drug-likeness (QED) is 0.0233. The molecular weight excluding hydrogens is 790 g/mol. The first kappa shape index (κ1) is 57.9. The summed E-state index contributed by atoms with van der Waals surface area (Å²) in [5.41, 5.74) is 5.36. The minimum Gasteiger partial charge on any atom is -0.480 e. The normalized spacial score (nSPS) is 14.7. The number of carbonyl (C=O) groups is 2. The van der Waals surface area contributed by atoms with E-state index in [0.717, 1.165) is 109 Å². The maximum Gasteiger partial charge on any atom is 0.472 e. The highest BCUT2D eigenvalue weighted by molar-refractivity contribution is 7.47. The van der Waals surface area contributed by atoms with E-state index in [9.17, 15) is 19.0 Å². The fourth-order valence-corrected chi connectivity index (χ4v) is 6.60. The van der Waals surface area contributed by atoms with Crippen molar-refractivity contribution in [3.05, 3.63) is 97.2 Å². The first-order chi connectivity index (χ1) is 29.7. The molecule has 0 aliphatic carbocycles. The molecule has 348 valence electrons. The van der Waals surface area contributed by atoms with Gasteiger partial charge in [0, 0.05) is 13.0 Å². The lowest BCUT2D eigenvalue weighted by atomic mass is 10.1. The molecule has 0 bridgehead atoms. The number of hydrogen-bond donors (Lipinski definition) is 3. The number of unbranched alkanes of at least 4 members (excludes halogenated alkanes) is 13. The monoisotopic (exact) mass is 874 g/mol. The lowest BCUT2D eigenvalue weighted by molar-refractivity contribution is -0.154. The molecule has 61 heavy (non-hydrogen) atoms. The van der Waals surface area contributed by atoms with Crippen molar-refractivity contribution in [3.63, 3.8) is 0 Å². The van der Waals surface area contributed by atoms with Gasteiger partial charge < -0.3 is 25.2 Å². The summed E-state index contributed by atoms with van der Waals surface area (Å²) in [7, 11) is -4.63. The van der Waals surface area contributed by atoms with E-state index in [0.29, 0.717) is 13.0 Å². The average Bonchev–Trinajstić information content (AvgIpc) is 3.24. The second-order valence-corrected chi connectivity index (χ2v) is 16.6. The average molecular weight is 874 g/mol. The summed E-state index contributed by atoms with van der Waals surface area (Å²) in [6, 6.07) is -1.48. The van der Waals surface area contributed by atoms with Crippen LogP contribution in [0.15, 0.2) is 97.2 Å². The number of phosphoric ester groups is 1. The molecule has 11 heteroatoms. The van der Waals surface area contributed by atoms with E-state index in [1.165, 1.54) is 32.1 Å². The zero-order valence-electron chi connectivity index (χ0n) is 38.0. The molecule has 0 aliphatic rings. The van der Waals surface area contributed by atoms with Crippen molar-refractivity contribution in [1.82, 2.24) is 0 Å². The highest BCUT2D eigenvalue weighted by atomic mass is 31.2. The molecule has 10 nitrogen and oxygen atoms in total. The smallest absolute Gasteiger partial charge is 0.472 e. The van der Waals surface area contributed by atoms with E-state index in [4.69, 9.17) is 29.4 Å².